The Kier molecular flexibility index (Phi) is 4.51. The lowest BCUT2D eigenvalue weighted by molar-refractivity contribution is -0.117. The Bertz CT molecular complexity index is 444. The van der Waals surface area contributed by atoms with Gasteiger partial charge >= 0.3 is 0 Å². The molecule has 2 aliphatic carbocycles. The fourth-order valence-corrected chi connectivity index (χ4v) is 3.02. The number of hydrogen-bond donors (Lipinski definition) is 1. The molecule has 0 radical (unpaired) electrons. The molecule has 3 rings (SSSR count). The van der Waals surface area contributed by atoms with Crippen molar-refractivity contribution in [1.29, 1.82) is 0 Å². The van der Waals surface area contributed by atoms with Gasteiger partial charge in [0.25, 0.3) is 0 Å². The van der Waals surface area contributed by atoms with Crippen LogP contribution in [0.25, 0.3) is 0 Å². The molecule has 0 aliphatic heterocycles. The van der Waals surface area contributed by atoms with Gasteiger partial charge in [0.15, 0.2) is 5.78 Å². The Morgan fingerprint density at radius 1 is 1.25 bits per heavy atom. The molecule has 20 heavy (non-hydrogen) atoms. The molecular formula is C16H25N3O. The van der Waals surface area contributed by atoms with E-state index in [0.717, 1.165) is 18.2 Å². The van der Waals surface area contributed by atoms with Gasteiger partial charge in [0.1, 0.15) is 0 Å². The molecule has 1 N–H and O–H groups in total. The van der Waals surface area contributed by atoms with E-state index >= 15 is 0 Å². The van der Waals surface area contributed by atoms with Crippen LogP contribution in [0.3, 0.4) is 0 Å². The van der Waals surface area contributed by atoms with E-state index in [0.29, 0.717) is 19.0 Å². The van der Waals surface area contributed by atoms with Crippen molar-refractivity contribution < 1.29 is 4.79 Å². The van der Waals surface area contributed by atoms with Crippen molar-refractivity contribution >= 4 is 5.78 Å². The molecule has 0 amide bonds. The molecule has 0 bridgehead atoms. The predicted molar refractivity (Wildman–Crippen MR) is 78.7 cm³/mol. The smallest absolute Gasteiger partial charge is 0.152 e. The van der Waals surface area contributed by atoms with Gasteiger partial charge in [-0.25, -0.2) is 0 Å². The third-order valence-electron chi connectivity index (χ3n) is 4.44. The van der Waals surface area contributed by atoms with Crippen molar-refractivity contribution in [2.45, 2.75) is 57.4 Å². The number of ketones is 1. The summed E-state index contributed by atoms with van der Waals surface area (Å²) in [6, 6.07) is 2.56. The highest BCUT2D eigenvalue weighted by Gasteiger charge is 2.21. The second-order valence-corrected chi connectivity index (χ2v) is 6.37. The number of carbonyl (C=O) groups excluding carboxylic acids is 1. The lowest BCUT2D eigenvalue weighted by Gasteiger charge is -2.21. The van der Waals surface area contributed by atoms with E-state index in [1.807, 2.05) is 6.07 Å². The van der Waals surface area contributed by atoms with Gasteiger partial charge in [-0.1, -0.05) is 19.3 Å². The highest BCUT2D eigenvalue weighted by atomic mass is 16.1. The number of nitrogens with one attached hydrogen (secondary N) is 1. The minimum atomic E-state index is 0.250. The third kappa shape index (κ3) is 3.92. The largest absolute Gasteiger partial charge is 0.310 e. The third-order valence-corrected chi connectivity index (χ3v) is 4.44. The number of Topliss-reactive ketones (excluding diaryl/α,β-unsaturated/α-hetero) is 1. The average molecular weight is 275 g/mol. The van der Waals surface area contributed by atoms with Crippen molar-refractivity contribution in [1.82, 2.24) is 15.1 Å². The molecule has 0 aromatic carbocycles. The molecule has 4 heteroatoms. The Morgan fingerprint density at radius 2 is 2.05 bits per heavy atom. The molecule has 1 aromatic heterocycles. The molecule has 0 unspecified atom stereocenters. The van der Waals surface area contributed by atoms with Gasteiger partial charge in [0, 0.05) is 6.20 Å². The predicted octanol–water partition coefficient (Wildman–Crippen LogP) is 2.50. The summed E-state index contributed by atoms with van der Waals surface area (Å²) < 4.78 is 2.08. The van der Waals surface area contributed by atoms with Crippen LogP contribution in [0.15, 0.2) is 12.3 Å². The van der Waals surface area contributed by atoms with Crippen LogP contribution in [-0.4, -0.2) is 28.7 Å². The van der Waals surface area contributed by atoms with Crippen LogP contribution in [0.4, 0.5) is 0 Å². The van der Waals surface area contributed by atoms with Crippen LogP contribution in [0, 0.1) is 5.92 Å². The first kappa shape index (κ1) is 13.8. The molecule has 1 heterocycles. The van der Waals surface area contributed by atoms with E-state index in [9.17, 15) is 4.79 Å². The molecule has 110 valence electrons. The summed E-state index contributed by atoms with van der Waals surface area (Å²) in [5, 5.41) is 7.85. The molecule has 0 saturated heterocycles. The molecule has 2 saturated carbocycles. The van der Waals surface area contributed by atoms with E-state index in [-0.39, 0.29) is 5.78 Å². The molecule has 2 fully saturated rings. The minimum absolute atomic E-state index is 0.250. The summed E-state index contributed by atoms with van der Waals surface area (Å²) in [7, 11) is 0. The van der Waals surface area contributed by atoms with E-state index < -0.39 is 0 Å². The molecular weight excluding hydrogens is 250 g/mol. The summed E-state index contributed by atoms with van der Waals surface area (Å²) in [6.45, 7) is 1.50. The zero-order chi connectivity index (χ0) is 13.8. The quantitative estimate of drug-likeness (QED) is 0.831. The first-order valence-corrected chi connectivity index (χ1v) is 8.08. The standard InChI is InChI=1S/C16H25N3O/c20-16(12-17-11-13-6-7-13)10-14-8-9-19(18-14)15-4-2-1-3-5-15/h8-9,13,15,17H,1-7,10-12H2. The summed E-state index contributed by atoms with van der Waals surface area (Å²) >= 11 is 0. The van der Waals surface area contributed by atoms with Crippen LogP contribution in [0.5, 0.6) is 0 Å². The van der Waals surface area contributed by atoms with Crippen LogP contribution >= 0.6 is 0 Å². The zero-order valence-electron chi connectivity index (χ0n) is 12.2. The minimum Gasteiger partial charge on any atom is -0.310 e. The SMILES string of the molecule is O=C(CNCC1CC1)Cc1ccn(C2CCCCC2)n1. The van der Waals surface area contributed by atoms with Gasteiger partial charge in [-0.15, -0.1) is 0 Å². The Balaban J connectivity index is 1.44. The first-order chi connectivity index (χ1) is 9.81. The summed E-state index contributed by atoms with van der Waals surface area (Å²) in [4.78, 5) is 11.9. The highest BCUT2D eigenvalue weighted by molar-refractivity contribution is 5.82. The van der Waals surface area contributed by atoms with Crippen molar-refractivity contribution in [3.63, 3.8) is 0 Å². The lowest BCUT2D eigenvalue weighted by Crippen LogP contribution is -2.26. The van der Waals surface area contributed by atoms with E-state index in [2.05, 4.69) is 21.3 Å². The van der Waals surface area contributed by atoms with E-state index in [1.54, 1.807) is 0 Å². The Hall–Kier alpha value is -1.16. The van der Waals surface area contributed by atoms with Crippen molar-refractivity contribution in [2.75, 3.05) is 13.1 Å². The lowest BCUT2D eigenvalue weighted by atomic mass is 9.96. The van der Waals surface area contributed by atoms with Gasteiger partial charge in [-0.05, 0) is 44.2 Å². The van der Waals surface area contributed by atoms with Crippen molar-refractivity contribution in [2.24, 2.45) is 5.92 Å². The van der Waals surface area contributed by atoms with Gasteiger partial charge < -0.3 is 5.32 Å². The van der Waals surface area contributed by atoms with Crippen molar-refractivity contribution in [3.8, 4) is 0 Å². The second-order valence-electron chi connectivity index (χ2n) is 6.37. The fourth-order valence-electron chi connectivity index (χ4n) is 3.02. The molecule has 0 spiro atoms. The topological polar surface area (TPSA) is 46.9 Å². The average Bonchev–Trinajstić information content (AvgIpc) is 3.17. The molecule has 2 aliphatic rings. The normalized spacial score (nSPS) is 20.2. The van der Waals surface area contributed by atoms with E-state index in [4.69, 9.17) is 0 Å². The monoisotopic (exact) mass is 275 g/mol. The van der Waals surface area contributed by atoms with Crippen LogP contribution in [0.2, 0.25) is 0 Å². The number of hydrogen-bond acceptors (Lipinski definition) is 3. The van der Waals surface area contributed by atoms with Crippen LogP contribution in [-0.2, 0) is 11.2 Å². The number of aromatic nitrogens is 2. The number of rotatable bonds is 7. The van der Waals surface area contributed by atoms with Gasteiger partial charge in [-0.3, -0.25) is 9.48 Å². The van der Waals surface area contributed by atoms with Gasteiger partial charge in [0.2, 0.25) is 0 Å². The maximum atomic E-state index is 11.9. The first-order valence-electron chi connectivity index (χ1n) is 8.08. The maximum absolute atomic E-state index is 11.9. The zero-order valence-corrected chi connectivity index (χ0v) is 12.2. The summed E-state index contributed by atoms with van der Waals surface area (Å²) in [5.74, 6) is 1.08. The number of carbonyl (C=O) groups is 1. The van der Waals surface area contributed by atoms with Crippen LogP contribution in [0.1, 0.15) is 56.7 Å². The Morgan fingerprint density at radius 3 is 2.80 bits per heavy atom. The number of nitrogens with zero attached hydrogens (tertiary/aromatic N) is 2. The molecule has 4 nitrogen and oxygen atoms in total. The second kappa shape index (κ2) is 6.53. The fraction of sp³-hybridized carbons (Fsp3) is 0.750. The van der Waals surface area contributed by atoms with Gasteiger partial charge in [-0.2, -0.15) is 5.10 Å². The summed E-state index contributed by atoms with van der Waals surface area (Å²) in [5.41, 5.74) is 0.925. The Labute approximate surface area is 120 Å². The highest BCUT2D eigenvalue weighted by Crippen LogP contribution is 2.28. The van der Waals surface area contributed by atoms with Crippen molar-refractivity contribution in [3.05, 3.63) is 18.0 Å². The summed E-state index contributed by atoms with van der Waals surface area (Å²) in [6.07, 6.45) is 11.6. The van der Waals surface area contributed by atoms with Crippen LogP contribution < -0.4 is 5.32 Å². The van der Waals surface area contributed by atoms with Gasteiger partial charge in [0.05, 0.1) is 24.7 Å². The molecule has 0 atom stereocenters. The molecule has 1 aromatic rings. The van der Waals surface area contributed by atoms with E-state index in [1.165, 1.54) is 44.9 Å². The maximum Gasteiger partial charge on any atom is 0.152 e.